The van der Waals surface area contributed by atoms with Crippen LogP contribution in [0.5, 0.6) is 0 Å². The van der Waals surface area contributed by atoms with Gasteiger partial charge in [0.05, 0.1) is 18.0 Å². The van der Waals surface area contributed by atoms with Crippen LogP contribution in [0.2, 0.25) is 0 Å². The van der Waals surface area contributed by atoms with E-state index in [0.29, 0.717) is 11.8 Å². The number of aromatic nitrogens is 4. The number of hydrogen-bond acceptors (Lipinski definition) is 4. The van der Waals surface area contributed by atoms with Crippen LogP contribution in [0.4, 0.5) is 5.82 Å². The molecule has 1 aliphatic carbocycles. The molecular weight excluding hydrogens is 314 g/mol. The Hall–Kier alpha value is -1.82. The molecule has 2 fully saturated rings. The van der Waals surface area contributed by atoms with Crippen molar-refractivity contribution in [1.29, 1.82) is 0 Å². The third-order valence-corrected chi connectivity index (χ3v) is 5.72. The van der Waals surface area contributed by atoms with Gasteiger partial charge in [-0.1, -0.05) is 12.8 Å². The van der Waals surface area contributed by atoms with Gasteiger partial charge in [0.1, 0.15) is 5.82 Å². The van der Waals surface area contributed by atoms with E-state index in [2.05, 4.69) is 22.7 Å². The SMILES string of the molecule is Cn1cc([C@@H]2OCCC[C@H]2CNc2cc(C3CCCC3)nn2C)cn1. The van der Waals surface area contributed by atoms with Crippen LogP contribution in [0.3, 0.4) is 0 Å². The molecule has 0 radical (unpaired) electrons. The molecule has 2 aliphatic rings. The van der Waals surface area contributed by atoms with E-state index in [9.17, 15) is 0 Å². The maximum atomic E-state index is 6.08. The van der Waals surface area contributed by atoms with Gasteiger partial charge in [-0.25, -0.2) is 0 Å². The lowest BCUT2D eigenvalue weighted by Crippen LogP contribution is -2.28. The normalized spacial score (nSPS) is 24.7. The second-order valence-corrected chi connectivity index (χ2v) is 7.58. The van der Waals surface area contributed by atoms with Crippen molar-refractivity contribution < 1.29 is 4.74 Å². The fourth-order valence-corrected chi connectivity index (χ4v) is 4.32. The van der Waals surface area contributed by atoms with Gasteiger partial charge in [0.15, 0.2) is 0 Å². The topological polar surface area (TPSA) is 56.9 Å². The van der Waals surface area contributed by atoms with Crippen molar-refractivity contribution in [3.63, 3.8) is 0 Å². The molecule has 0 spiro atoms. The molecule has 1 N–H and O–H groups in total. The van der Waals surface area contributed by atoms with Gasteiger partial charge in [0.2, 0.25) is 0 Å². The molecule has 2 atom stereocenters. The first kappa shape index (κ1) is 16.6. The van der Waals surface area contributed by atoms with Crippen molar-refractivity contribution in [3.05, 3.63) is 29.7 Å². The largest absolute Gasteiger partial charge is 0.373 e. The van der Waals surface area contributed by atoms with Gasteiger partial charge in [-0.15, -0.1) is 0 Å². The van der Waals surface area contributed by atoms with E-state index in [-0.39, 0.29) is 6.10 Å². The first-order valence-electron chi connectivity index (χ1n) is 9.58. The van der Waals surface area contributed by atoms with E-state index < -0.39 is 0 Å². The van der Waals surface area contributed by atoms with Crippen LogP contribution >= 0.6 is 0 Å². The lowest BCUT2D eigenvalue weighted by Gasteiger charge is -2.31. The molecule has 0 bridgehead atoms. The monoisotopic (exact) mass is 343 g/mol. The second-order valence-electron chi connectivity index (χ2n) is 7.58. The number of anilines is 1. The van der Waals surface area contributed by atoms with Gasteiger partial charge >= 0.3 is 0 Å². The van der Waals surface area contributed by atoms with Crippen molar-refractivity contribution in [3.8, 4) is 0 Å². The first-order chi connectivity index (χ1) is 12.2. The minimum Gasteiger partial charge on any atom is -0.373 e. The molecule has 3 heterocycles. The summed E-state index contributed by atoms with van der Waals surface area (Å²) in [5, 5.41) is 12.7. The van der Waals surface area contributed by atoms with Gasteiger partial charge in [-0.3, -0.25) is 9.36 Å². The summed E-state index contributed by atoms with van der Waals surface area (Å²) >= 11 is 0. The number of nitrogens with one attached hydrogen (secondary N) is 1. The fourth-order valence-electron chi connectivity index (χ4n) is 4.32. The van der Waals surface area contributed by atoms with E-state index in [1.807, 2.05) is 29.7 Å². The minimum atomic E-state index is 0.137. The van der Waals surface area contributed by atoms with E-state index in [1.165, 1.54) is 43.4 Å². The molecule has 1 aliphatic heterocycles. The fraction of sp³-hybridized carbons (Fsp3) is 0.684. The summed E-state index contributed by atoms with van der Waals surface area (Å²) in [7, 11) is 4.00. The molecule has 6 heteroatoms. The Balaban J connectivity index is 1.42. The Bertz CT molecular complexity index is 700. The highest BCUT2D eigenvalue weighted by Crippen LogP contribution is 2.35. The predicted octanol–water partition coefficient (Wildman–Crippen LogP) is 3.39. The molecule has 1 saturated carbocycles. The van der Waals surface area contributed by atoms with Crippen LogP contribution in [0.15, 0.2) is 18.5 Å². The van der Waals surface area contributed by atoms with Crippen LogP contribution in [-0.2, 0) is 18.8 Å². The highest BCUT2D eigenvalue weighted by atomic mass is 16.5. The third-order valence-electron chi connectivity index (χ3n) is 5.72. The van der Waals surface area contributed by atoms with Crippen molar-refractivity contribution >= 4 is 5.82 Å². The third kappa shape index (κ3) is 3.59. The van der Waals surface area contributed by atoms with Gasteiger partial charge in [0.25, 0.3) is 0 Å². The Morgan fingerprint density at radius 1 is 1.20 bits per heavy atom. The average molecular weight is 343 g/mol. The standard InChI is InChI=1S/C19H29N5O/c1-23-13-16(12-21-23)19-15(8-5-9-25-19)11-20-18-10-17(22-24(18)2)14-6-3-4-7-14/h10,12-15,19-20H,3-9,11H2,1-2H3/t15-,19+/m0/s1. The zero-order valence-electron chi connectivity index (χ0n) is 15.3. The molecule has 0 unspecified atom stereocenters. The maximum Gasteiger partial charge on any atom is 0.124 e. The van der Waals surface area contributed by atoms with Crippen LogP contribution in [0.25, 0.3) is 0 Å². The van der Waals surface area contributed by atoms with Crippen molar-refractivity contribution in [2.75, 3.05) is 18.5 Å². The quantitative estimate of drug-likeness (QED) is 0.904. The lowest BCUT2D eigenvalue weighted by atomic mass is 9.91. The van der Waals surface area contributed by atoms with Crippen molar-refractivity contribution in [2.24, 2.45) is 20.0 Å². The summed E-state index contributed by atoms with van der Waals surface area (Å²) in [5.74, 6) is 2.24. The highest BCUT2D eigenvalue weighted by Gasteiger charge is 2.29. The Morgan fingerprint density at radius 3 is 2.80 bits per heavy atom. The van der Waals surface area contributed by atoms with Gasteiger partial charge in [-0.05, 0) is 25.7 Å². The molecule has 136 valence electrons. The average Bonchev–Trinajstić information content (AvgIpc) is 3.34. The smallest absolute Gasteiger partial charge is 0.124 e. The van der Waals surface area contributed by atoms with E-state index in [0.717, 1.165) is 25.4 Å². The molecule has 0 aromatic carbocycles. The second kappa shape index (κ2) is 7.20. The summed E-state index contributed by atoms with van der Waals surface area (Å²) in [4.78, 5) is 0. The van der Waals surface area contributed by atoms with Crippen molar-refractivity contribution in [1.82, 2.24) is 19.6 Å². The summed E-state index contributed by atoms with van der Waals surface area (Å²) in [6, 6.07) is 2.25. The number of rotatable bonds is 5. The van der Waals surface area contributed by atoms with E-state index in [4.69, 9.17) is 9.84 Å². The molecule has 2 aromatic heterocycles. The maximum absolute atomic E-state index is 6.08. The molecule has 0 amide bonds. The number of aryl methyl sites for hydroxylation is 2. The summed E-state index contributed by atoms with van der Waals surface area (Å²) in [5.41, 5.74) is 2.44. The molecule has 2 aromatic rings. The van der Waals surface area contributed by atoms with Gasteiger partial charge in [-0.2, -0.15) is 10.2 Å². The molecule has 25 heavy (non-hydrogen) atoms. The number of nitrogens with zero attached hydrogens (tertiary/aromatic N) is 4. The van der Waals surface area contributed by atoms with E-state index in [1.54, 1.807) is 0 Å². The Morgan fingerprint density at radius 2 is 2.04 bits per heavy atom. The number of hydrogen-bond donors (Lipinski definition) is 1. The summed E-state index contributed by atoms with van der Waals surface area (Å²) in [6.07, 6.45) is 11.7. The van der Waals surface area contributed by atoms with Crippen LogP contribution in [0.1, 0.15) is 61.8 Å². The first-order valence-corrected chi connectivity index (χ1v) is 9.58. The van der Waals surface area contributed by atoms with Gasteiger partial charge < -0.3 is 10.1 Å². The van der Waals surface area contributed by atoms with E-state index >= 15 is 0 Å². The summed E-state index contributed by atoms with van der Waals surface area (Å²) in [6.45, 7) is 1.75. The predicted molar refractivity (Wildman–Crippen MR) is 97.5 cm³/mol. The van der Waals surface area contributed by atoms with Crippen LogP contribution in [0, 0.1) is 5.92 Å². The Labute approximate surface area is 149 Å². The molecule has 4 rings (SSSR count). The van der Waals surface area contributed by atoms with Crippen LogP contribution in [-0.4, -0.2) is 32.7 Å². The zero-order valence-corrected chi connectivity index (χ0v) is 15.3. The van der Waals surface area contributed by atoms with Crippen LogP contribution < -0.4 is 5.32 Å². The van der Waals surface area contributed by atoms with Gasteiger partial charge in [0, 0.05) is 56.9 Å². The highest BCUT2D eigenvalue weighted by molar-refractivity contribution is 5.38. The molecule has 6 nitrogen and oxygen atoms in total. The molecule has 1 saturated heterocycles. The lowest BCUT2D eigenvalue weighted by molar-refractivity contribution is -0.0239. The Kier molecular flexibility index (Phi) is 4.79. The number of ether oxygens (including phenoxy) is 1. The summed E-state index contributed by atoms with van der Waals surface area (Å²) < 4.78 is 9.93. The van der Waals surface area contributed by atoms with Crippen molar-refractivity contribution in [2.45, 2.75) is 50.5 Å². The zero-order chi connectivity index (χ0) is 17.2. The molecular formula is C19H29N5O. The minimum absolute atomic E-state index is 0.137.